The zero-order valence-electron chi connectivity index (χ0n) is 9.18. The summed E-state index contributed by atoms with van der Waals surface area (Å²) in [5.41, 5.74) is -0.387. The molecule has 0 heterocycles. The van der Waals surface area contributed by atoms with Gasteiger partial charge in [-0.25, -0.2) is 8.78 Å². The summed E-state index contributed by atoms with van der Waals surface area (Å²) in [6.45, 7) is 0. The molecule has 1 aromatic carbocycles. The highest BCUT2D eigenvalue weighted by atomic mass is 19.1. The lowest BCUT2D eigenvalue weighted by molar-refractivity contribution is 0.00377. The molecule has 1 aliphatic rings. The number of rotatable bonds is 2. The first-order valence-corrected chi connectivity index (χ1v) is 5.75. The SMILES string of the molecule is OC1(Cc2ccc(F)cc2F)CCCCC1. The molecule has 0 spiro atoms. The van der Waals surface area contributed by atoms with Gasteiger partial charge < -0.3 is 5.11 Å². The van der Waals surface area contributed by atoms with Crippen molar-refractivity contribution in [3.05, 3.63) is 35.4 Å². The molecule has 0 unspecified atom stereocenters. The maximum absolute atomic E-state index is 13.4. The number of benzene rings is 1. The minimum atomic E-state index is -0.795. The second-order valence-electron chi connectivity index (χ2n) is 4.70. The molecule has 1 saturated carbocycles. The standard InChI is InChI=1S/C13H16F2O/c14-11-5-4-10(12(15)8-11)9-13(16)6-2-1-3-7-13/h4-5,8,16H,1-3,6-7,9H2. The Balaban J connectivity index is 2.13. The molecule has 0 aromatic heterocycles. The van der Waals surface area contributed by atoms with Crippen LogP contribution in [0.3, 0.4) is 0 Å². The molecule has 3 heteroatoms. The maximum atomic E-state index is 13.4. The Bertz CT molecular complexity index is 370. The molecule has 1 nitrogen and oxygen atoms in total. The third kappa shape index (κ3) is 2.59. The van der Waals surface area contributed by atoms with E-state index in [4.69, 9.17) is 0 Å². The Morgan fingerprint density at radius 3 is 2.44 bits per heavy atom. The fourth-order valence-electron chi connectivity index (χ4n) is 2.41. The molecule has 88 valence electrons. The van der Waals surface area contributed by atoms with Gasteiger partial charge in [-0.05, 0) is 24.5 Å². The van der Waals surface area contributed by atoms with Crippen LogP contribution in [0.4, 0.5) is 8.78 Å². The van der Waals surface area contributed by atoms with Crippen molar-refractivity contribution in [2.45, 2.75) is 44.1 Å². The Hall–Kier alpha value is -0.960. The molecule has 0 aliphatic heterocycles. The number of aliphatic hydroxyl groups is 1. The lowest BCUT2D eigenvalue weighted by Gasteiger charge is -2.32. The molecule has 1 aliphatic carbocycles. The van der Waals surface area contributed by atoms with Gasteiger partial charge >= 0.3 is 0 Å². The van der Waals surface area contributed by atoms with Crippen LogP contribution in [0.2, 0.25) is 0 Å². The van der Waals surface area contributed by atoms with E-state index in [2.05, 4.69) is 0 Å². The molecule has 16 heavy (non-hydrogen) atoms. The Morgan fingerprint density at radius 2 is 1.81 bits per heavy atom. The van der Waals surface area contributed by atoms with E-state index < -0.39 is 17.2 Å². The van der Waals surface area contributed by atoms with E-state index >= 15 is 0 Å². The second kappa shape index (κ2) is 4.50. The van der Waals surface area contributed by atoms with Gasteiger partial charge in [0.15, 0.2) is 0 Å². The average molecular weight is 226 g/mol. The minimum absolute atomic E-state index is 0.291. The van der Waals surface area contributed by atoms with E-state index in [1.54, 1.807) is 0 Å². The first-order valence-electron chi connectivity index (χ1n) is 5.75. The van der Waals surface area contributed by atoms with Gasteiger partial charge in [0.05, 0.1) is 5.60 Å². The van der Waals surface area contributed by atoms with Crippen LogP contribution >= 0.6 is 0 Å². The summed E-state index contributed by atoms with van der Waals surface area (Å²) < 4.78 is 26.1. The van der Waals surface area contributed by atoms with E-state index in [9.17, 15) is 13.9 Å². The van der Waals surface area contributed by atoms with Crippen LogP contribution in [0.5, 0.6) is 0 Å². The van der Waals surface area contributed by atoms with Crippen LogP contribution in [0.1, 0.15) is 37.7 Å². The van der Waals surface area contributed by atoms with Crippen molar-refractivity contribution in [2.24, 2.45) is 0 Å². The smallest absolute Gasteiger partial charge is 0.129 e. The predicted molar refractivity (Wildman–Crippen MR) is 58.1 cm³/mol. The first-order chi connectivity index (χ1) is 7.59. The third-order valence-electron chi connectivity index (χ3n) is 3.32. The molecule has 0 bridgehead atoms. The number of halogens is 2. The summed E-state index contributed by atoms with van der Waals surface area (Å²) in [5.74, 6) is -1.13. The monoisotopic (exact) mass is 226 g/mol. The van der Waals surface area contributed by atoms with Crippen molar-refractivity contribution >= 4 is 0 Å². The second-order valence-corrected chi connectivity index (χ2v) is 4.70. The minimum Gasteiger partial charge on any atom is -0.390 e. The summed E-state index contributed by atoms with van der Waals surface area (Å²) >= 11 is 0. The molecule has 1 N–H and O–H groups in total. The Kier molecular flexibility index (Phi) is 3.24. The summed E-state index contributed by atoms with van der Waals surface area (Å²) in [4.78, 5) is 0. The normalized spacial score (nSPS) is 19.7. The van der Waals surface area contributed by atoms with Gasteiger partial charge in [0.2, 0.25) is 0 Å². The molecule has 2 rings (SSSR count). The summed E-state index contributed by atoms with van der Waals surface area (Å²) in [5, 5.41) is 10.3. The topological polar surface area (TPSA) is 20.2 Å². The Morgan fingerprint density at radius 1 is 1.12 bits per heavy atom. The zero-order valence-corrected chi connectivity index (χ0v) is 9.18. The maximum Gasteiger partial charge on any atom is 0.129 e. The van der Waals surface area contributed by atoms with Gasteiger partial charge in [0.25, 0.3) is 0 Å². The summed E-state index contributed by atoms with van der Waals surface area (Å²) in [6.07, 6.45) is 4.82. The van der Waals surface area contributed by atoms with E-state index in [0.29, 0.717) is 24.8 Å². The summed E-state index contributed by atoms with van der Waals surface area (Å²) in [6, 6.07) is 3.55. The molecule has 0 amide bonds. The molecule has 0 radical (unpaired) electrons. The molecule has 0 saturated heterocycles. The van der Waals surface area contributed by atoms with E-state index in [1.807, 2.05) is 0 Å². The predicted octanol–water partition coefficient (Wildman–Crippen LogP) is 3.20. The molecular formula is C13H16F2O. The van der Waals surface area contributed by atoms with Crippen molar-refractivity contribution < 1.29 is 13.9 Å². The average Bonchev–Trinajstić information content (AvgIpc) is 2.23. The third-order valence-corrected chi connectivity index (χ3v) is 3.32. The van der Waals surface area contributed by atoms with Crippen LogP contribution in [0, 0.1) is 11.6 Å². The fourth-order valence-corrected chi connectivity index (χ4v) is 2.41. The van der Waals surface area contributed by atoms with Gasteiger partial charge in [-0.3, -0.25) is 0 Å². The van der Waals surface area contributed by atoms with Crippen molar-refractivity contribution in [3.8, 4) is 0 Å². The van der Waals surface area contributed by atoms with Gasteiger partial charge in [-0.2, -0.15) is 0 Å². The van der Waals surface area contributed by atoms with Crippen LogP contribution in [-0.2, 0) is 6.42 Å². The van der Waals surface area contributed by atoms with Crippen molar-refractivity contribution in [3.63, 3.8) is 0 Å². The van der Waals surface area contributed by atoms with E-state index in [0.717, 1.165) is 25.3 Å². The van der Waals surface area contributed by atoms with Crippen LogP contribution in [-0.4, -0.2) is 10.7 Å². The van der Waals surface area contributed by atoms with Crippen LogP contribution in [0.15, 0.2) is 18.2 Å². The highest BCUT2D eigenvalue weighted by Crippen LogP contribution is 2.31. The van der Waals surface area contributed by atoms with Crippen LogP contribution < -0.4 is 0 Å². The van der Waals surface area contributed by atoms with Gasteiger partial charge in [0, 0.05) is 12.5 Å². The lowest BCUT2D eigenvalue weighted by atomic mass is 9.80. The van der Waals surface area contributed by atoms with E-state index in [-0.39, 0.29) is 0 Å². The fraction of sp³-hybridized carbons (Fsp3) is 0.538. The summed E-state index contributed by atoms with van der Waals surface area (Å²) in [7, 11) is 0. The van der Waals surface area contributed by atoms with Crippen molar-refractivity contribution in [1.29, 1.82) is 0 Å². The van der Waals surface area contributed by atoms with Crippen LogP contribution in [0.25, 0.3) is 0 Å². The van der Waals surface area contributed by atoms with Gasteiger partial charge in [-0.15, -0.1) is 0 Å². The molecule has 1 fully saturated rings. The highest BCUT2D eigenvalue weighted by Gasteiger charge is 2.30. The number of hydrogen-bond donors (Lipinski definition) is 1. The highest BCUT2D eigenvalue weighted by molar-refractivity contribution is 5.20. The number of hydrogen-bond acceptors (Lipinski definition) is 1. The largest absolute Gasteiger partial charge is 0.390 e. The van der Waals surface area contributed by atoms with E-state index in [1.165, 1.54) is 12.1 Å². The zero-order chi connectivity index (χ0) is 11.6. The Labute approximate surface area is 94.1 Å². The molecule has 0 atom stereocenters. The van der Waals surface area contributed by atoms with Crippen molar-refractivity contribution in [1.82, 2.24) is 0 Å². The van der Waals surface area contributed by atoms with Gasteiger partial charge in [-0.1, -0.05) is 25.3 Å². The quantitative estimate of drug-likeness (QED) is 0.821. The molecular weight excluding hydrogens is 210 g/mol. The van der Waals surface area contributed by atoms with Crippen molar-refractivity contribution in [2.75, 3.05) is 0 Å². The van der Waals surface area contributed by atoms with Gasteiger partial charge in [0.1, 0.15) is 11.6 Å². The first kappa shape index (κ1) is 11.5. The molecule has 1 aromatic rings. The lowest BCUT2D eigenvalue weighted by Crippen LogP contribution is -2.34.